The van der Waals surface area contributed by atoms with Crippen molar-refractivity contribution in [1.29, 1.82) is 0 Å². The summed E-state index contributed by atoms with van der Waals surface area (Å²) in [6.07, 6.45) is 5.12. The zero-order valence-electron chi connectivity index (χ0n) is 8.12. The van der Waals surface area contributed by atoms with Crippen LogP contribution >= 0.6 is 0 Å². The van der Waals surface area contributed by atoms with Crippen molar-refractivity contribution in [2.45, 2.75) is 39.5 Å². The van der Waals surface area contributed by atoms with Crippen molar-refractivity contribution in [3.05, 3.63) is 0 Å². The monoisotopic (exact) mass is 172 g/mol. The molecule has 0 aromatic heterocycles. The lowest BCUT2D eigenvalue weighted by Crippen LogP contribution is -2.22. The van der Waals surface area contributed by atoms with Crippen LogP contribution in [0.25, 0.3) is 0 Å². The van der Waals surface area contributed by atoms with Gasteiger partial charge in [0.25, 0.3) is 0 Å². The summed E-state index contributed by atoms with van der Waals surface area (Å²) in [7, 11) is 0. The zero-order valence-corrected chi connectivity index (χ0v) is 8.12. The Balaban J connectivity index is 2.30. The van der Waals surface area contributed by atoms with E-state index in [-0.39, 0.29) is 0 Å². The van der Waals surface area contributed by atoms with Gasteiger partial charge in [0.15, 0.2) is 0 Å². The summed E-state index contributed by atoms with van der Waals surface area (Å²) in [5.74, 6) is 2.22. The van der Waals surface area contributed by atoms with Gasteiger partial charge in [-0.15, -0.1) is 0 Å². The van der Waals surface area contributed by atoms with Gasteiger partial charge < -0.3 is 0 Å². The van der Waals surface area contributed by atoms with Gasteiger partial charge in [0.2, 0.25) is 0 Å². The Labute approximate surface area is 74.9 Å². The van der Waals surface area contributed by atoms with Crippen molar-refractivity contribution in [2.24, 2.45) is 17.8 Å². The predicted molar refractivity (Wildman–Crippen MR) is 48.9 cm³/mol. The van der Waals surface area contributed by atoms with Crippen LogP contribution in [-0.4, -0.2) is 11.9 Å². The molecule has 1 saturated carbocycles. The Hall–Kier alpha value is -0.0800. The van der Waals surface area contributed by atoms with Crippen molar-refractivity contribution in [2.75, 3.05) is 6.61 Å². The van der Waals surface area contributed by atoms with E-state index in [0.717, 1.165) is 11.8 Å². The van der Waals surface area contributed by atoms with E-state index in [1.807, 2.05) is 0 Å². The van der Waals surface area contributed by atoms with E-state index in [2.05, 4.69) is 18.7 Å². The summed E-state index contributed by atoms with van der Waals surface area (Å²) in [5, 5.41) is 8.34. The van der Waals surface area contributed by atoms with Gasteiger partial charge in [-0.25, -0.2) is 4.89 Å². The second-order valence-corrected chi connectivity index (χ2v) is 4.33. The molecule has 0 radical (unpaired) electrons. The predicted octanol–water partition coefficient (Wildman–Crippen LogP) is 2.94. The van der Waals surface area contributed by atoms with Crippen LogP contribution in [0.15, 0.2) is 0 Å². The van der Waals surface area contributed by atoms with Crippen LogP contribution < -0.4 is 0 Å². The fourth-order valence-corrected chi connectivity index (χ4v) is 2.19. The Morgan fingerprint density at radius 3 is 2.75 bits per heavy atom. The summed E-state index contributed by atoms with van der Waals surface area (Å²) in [6.45, 7) is 5.10. The third-order valence-corrected chi connectivity index (χ3v) is 3.08. The number of rotatable bonds is 3. The maximum atomic E-state index is 8.34. The SMILES string of the molecule is CC(C)C1CCCC(COO)C1. The van der Waals surface area contributed by atoms with Crippen LogP contribution in [0.2, 0.25) is 0 Å². The Morgan fingerprint density at radius 2 is 2.17 bits per heavy atom. The minimum Gasteiger partial charge on any atom is -0.252 e. The highest BCUT2D eigenvalue weighted by Gasteiger charge is 2.23. The van der Waals surface area contributed by atoms with Gasteiger partial charge in [0, 0.05) is 0 Å². The van der Waals surface area contributed by atoms with Crippen LogP contribution in [0.4, 0.5) is 0 Å². The van der Waals surface area contributed by atoms with E-state index in [1.54, 1.807) is 0 Å². The molecule has 1 aliphatic carbocycles. The molecule has 0 spiro atoms. The van der Waals surface area contributed by atoms with E-state index in [0.29, 0.717) is 12.5 Å². The smallest absolute Gasteiger partial charge is 0.0848 e. The quantitative estimate of drug-likeness (QED) is 0.524. The molecule has 0 aromatic rings. The molecule has 12 heavy (non-hydrogen) atoms. The normalized spacial score (nSPS) is 31.0. The molecule has 1 aliphatic rings. The maximum absolute atomic E-state index is 8.34. The first-order valence-corrected chi connectivity index (χ1v) is 5.00. The molecule has 72 valence electrons. The fourth-order valence-electron chi connectivity index (χ4n) is 2.19. The molecular weight excluding hydrogens is 152 g/mol. The van der Waals surface area contributed by atoms with Gasteiger partial charge in [-0.1, -0.05) is 26.7 Å². The van der Waals surface area contributed by atoms with Crippen molar-refractivity contribution in [3.63, 3.8) is 0 Å². The second-order valence-electron chi connectivity index (χ2n) is 4.33. The fraction of sp³-hybridized carbons (Fsp3) is 1.00. The van der Waals surface area contributed by atoms with Crippen molar-refractivity contribution in [3.8, 4) is 0 Å². The molecule has 2 nitrogen and oxygen atoms in total. The van der Waals surface area contributed by atoms with Gasteiger partial charge in [0.05, 0.1) is 6.61 Å². The lowest BCUT2D eigenvalue weighted by molar-refractivity contribution is -0.253. The summed E-state index contributed by atoms with van der Waals surface area (Å²) >= 11 is 0. The third kappa shape index (κ3) is 2.76. The van der Waals surface area contributed by atoms with E-state index in [9.17, 15) is 0 Å². The lowest BCUT2D eigenvalue weighted by Gasteiger charge is -2.30. The molecule has 2 heteroatoms. The molecule has 0 heterocycles. The molecule has 0 aliphatic heterocycles. The summed E-state index contributed by atoms with van der Waals surface area (Å²) < 4.78 is 0. The van der Waals surface area contributed by atoms with Crippen LogP contribution in [0.5, 0.6) is 0 Å². The van der Waals surface area contributed by atoms with Crippen LogP contribution in [0.1, 0.15) is 39.5 Å². The Bertz CT molecular complexity index is 121. The van der Waals surface area contributed by atoms with Crippen molar-refractivity contribution in [1.82, 2.24) is 0 Å². The number of hydrogen-bond acceptors (Lipinski definition) is 2. The molecule has 0 saturated heterocycles. The maximum Gasteiger partial charge on any atom is 0.0848 e. The minimum absolute atomic E-state index is 0.531. The first-order chi connectivity index (χ1) is 5.74. The van der Waals surface area contributed by atoms with E-state index in [1.165, 1.54) is 25.7 Å². The average molecular weight is 172 g/mol. The first kappa shape index (κ1) is 10.0. The van der Waals surface area contributed by atoms with Crippen LogP contribution in [-0.2, 0) is 4.89 Å². The van der Waals surface area contributed by atoms with Crippen LogP contribution in [0.3, 0.4) is 0 Å². The van der Waals surface area contributed by atoms with Gasteiger partial charge in [0.1, 0.15) is 0 Å². The molecular formula is C10H20O2. The highest BCUT2D eigenvalue weighted by Crippen LogP contribution is 2.33. The topological polar surface area (TPSA) is 29.5 Å². The largest absolute Gasteiger partial charge is 0.252 e. The van der Waals surface area contributed by atoms with Gasteiger partial charge in [-0.3, -0.25) is 5.26 Å². The minimum atomic E-state index is 0.531. The zero-order chi connectivity index (χ0) is 8.97. The number of hydrogen-bond donors (Lipinski definition) is 1. The van der Waals surface area contributed by atoms with Crippen molar-refractivity contribution < 1.29 is 10.1 Å². The summed E-state index contributed by atoms with van der Waals surface area (Å²) in [6, 6.07) is 0. The standard InChI is InChI=1S/C10H20O2/c1-8(2)10-5-3-4-9(6-10)7-12-11/h8-11H,3-7H2,1-2H3. The molecule has 2 atom stereocenters. The molecule has 0 aromatic carbocycles. The molecule has 1 N–H and O–H groups in total. The Morgan fingerprint density at radius 1 is 1.42 bits per heavy atom. The second kappa shape index (κ2) is 4.83. The Kier molecular flexibility index (Phi) is 4.02. The van der Waals surface area contributed by atoms with E-state index in [4.69, 9.17) is 5.26 Å². The lowest BCUT2D eigenvalue weighted by atomic mass is 9.76. The highest BCUT2D eigenvalue weighted by molar-refractivity contribution is 4.74. The highest BCUT2D eigenvalue weighted by atomic mass is 17.1. The van der Waals surface area contributed by atoms with Gasteiger partial charge in [-0.05, 0) is 30.6 Å². The molecule has 1 rings (SSSR count). The van der Waals surface area contributed by atoms with E-state index < -0.39 is 0 Å². The molecule has 2 unspecified atom stereocenters. The van der Waals surface area contributed by atoms with Gasteiger partial charge in [-0.2, -0.15) is 0 Å². The van der Waals surface area contributed by atoms with E-state index >= 15 is 0 Å². The summed E-state index contributed by atoms with van der Waals surface area (Å²) in [5.41, 5.74) is 0. The van der Waals surface area contributed by atoms with Crippen LogP contribution in [0, 0.1) is 17.8 Å². The van der Waals surface area contributed by atoms with Crippen molar-refractivity contribution >= 4 is 0 Å². The van der Waals surface area contributed by atoms with Gasteiger partial charge >= 0.3 is 0 Å². The molecule has 0 amide bonds. The molecule has 1 fully saturated rings. The molecule has 0 bridgehead atoms. The average Bonchev–Trinajstić information content (AvgIpc) is 2.05. The first-order valence-electron chi connectivity index (χ1n) is 5.00. The third-order valence-electron chi connectivity index (χ3n) is 3.08. The summed E-state index contributed by atoms with van der Waals surface area (Å²) in [4.78, 5) is 4.21.